The highest BCUT2D eigenvalue weighted by Gasteiger charge is 2.46. The molecule has 6 aromatic carbocycles. The second-order valence-electron chi connectivity index (χ2n) is 11.2. The molecule has 0 aliphatic heterocycles. The maximum atomic E-state index is 10.4. The highest BCUT2D eigenvalue weighted by atomic mass is 14.5. The Morgan fingerprint density at radius 1 is 0.381 bits per heavy atom. The minimum absolute atomic E-state index is 0.194. The number of nitriles is 3. The zero-order valence-corrected chi connectivity index (χ0v) is 22.3. The summed E-state index contributed by atoms with van der Waals surface area (Å²) >= 11 is 0. The van der Waals surface area contributed by atoms with E-state index >= 15 is 0 Å². The van der Waals surface area contributed by atoms with Crippen LogP contribution in [-0.4, -0.2) is 0 Å². The molecule has 0 heterocycles. The first-order valence-electron chi connectivity index (χ1n) is 14.0. The molecule has 190 valence electrons. The molecule has 10 rings (SSSR count). The SMILES string of the molecule is N#Cc1cccc2c1C1c3c(C#N)cccc3C2c2c(-c3ccc4c5c(cccc35)-c3ccccc3-4)ccc(C#N)c21. The maximum absolute atomic E-state index is 10.4. The van der Waals surface area contributed by atoms with E-state index in [1.54, 1.807) is 0 Å². The number of hydrogen-bond donors (Lipinski definition) is 0. The van der Waals surface area contributed by atoms with Crippen LogP contribution < -0.4 is 0 Å². The zero-order chi connectivity index (χ0) is 28.1. The van der Waals surface area contributed by atoms with Crippen molar-refractivity contribution in [3.05, 3.63) is 153 Å². The molecule has 0 atom stereocenters. The molecule has 4 aliphatic carbocycles. The van der Waals surface area contributed by atoms with E-state index in [1.165, 1.54) is 33.0 Å². The second kappa shape index (κ2) is 8.05. The van der Waals surface area contributed by atoms with Crippen LogP contribution in [0.4, 0.5) is 0 Å². The summed E-state index contributed by atoms with van der Waals surface area (Å²) in [6.07, 6.45) is 0. The van der Waals surface area contributed by atoms with E-state index in [0.29, 0.717) is 16.7 Å². The molecule has 0 saturated heterocycles. The van der Waals surface area contributed by atoms with Crippen molar-refractivity contribution in [1.29, 1.82) is 15.8 Å². The first-order chi connectivity index (χ1) is 20.7. The highest BCUT2D eigenvalue weighted by Crippen LogP contribution is 2.60. The molecule has 42 heavy (non-hydrogen) atoms. The van der Waals surface area contributed by atoms with Crippen LogP contribution in [0, 0.1) is 34.0 Å². The van der Waals surface area contributed by atoms with E-state index in [4.69, 9.17) is 0 Å². The van der Waals surface area contributed by atoms with Gasteiger partial charge in [0.15, 0.2) is 0 Å². The molecule has 0 unspecified atom stereocenters. The van der Waals surface area contributed by atoms with Crippen molar-refractivity contribution in [1.82, 2.24) is 0 Å². The van der Waals surface area contributed by atoms with Crippen LogP contribution in [0.5, 0.6) is 0 Å². The second-order valence-corrected chi connectivity index (χ2v) is 11.2. The van der Waals surface area contributed by atoms with Crippen molar-refractivity contribution in [3.8, 4) is 51.6 Å². The van der Waals surface area contributed by atoms with Crippen LogP contribution in [0.25, 0.3) is 44.2 Å². The molecular formula is C39H19N3. The Morgan fingerprint density at radius 3 is 1.55 bits per heavy atom. The third-order valence-corrected chi connectivity index (χ3v) is 9.54. The lowest BCUT2D eigenvalue weighted by atomic mass is 9.57. The quantitative estimate of drug-likeness (QED) is 0.213. The van der Waals surface area contributed by atoms with Crippen molar-refractivity contribution in [2.24, 2.45) is 0 Å². The largest absolute Gasteiger partial charge is 0.192 e. The first-order valence-corrected chi connectivity index (χ1v) is 14.0. The van der Waals surface area contributed by atoms with Crippen LogP contribution in [-0.2, 0) is 0 Å². The molecule has 0 amide bonds. The van der Waals surface area contributed by atoms with Gasteiger partial charge in [0, 0.05) is 11.8 Å². The van der Waals surface area contributed by atoms with Gasteiger partial charge in [-0.05, 0) is 95.7 Å². The third kappa shape index (κ3) is 2.62. The fraction of sp³-hybridized carbons (Fsp3) is 0.0513. The summed E-state index contributed by atoms with van der Waals surface area (Å²) in [7, 11) is 0. The fourth-order valence-electron chi connectivity index (χ4n) is 8.05. The van der Waals surface area contributed by atoms with Crippen LogP contribution >= 0.6 is 0 Å². The standard InChI is InChI=1S/C39H19N3/c40-18-21-6-3-12-31-33(21)39-34-22(19-41)7-4-13-32(34)37(31)38-30(15-14-23(20-42)35(38)39)26-16-17-29-25-9-2-1-8-24(25)27-10-5-11-28(26)36(27)29/h1-17,37,39H. The Morgan fingerprint density at radius 2 is 0.905 bits per heavy atom. The lowest BCUT2D eigenvalue weighted by Gasteiger charge is -2.44. The number of fused-ring (bicyclic) bond motifs is 3. The van der Waals surface area contributed by atoms with E-state index in [9.17, 15) is 15.8 Å². The zero-order valence-electron chi connectivity index (χ0n) is 22.3. The fourth-order valence-corrected chi connectivity index (χ4v) is 8.05. The van der Waals surface area contributed by atoms with E-state index in [0.717, 1.165) is 44.5 Å². The topological polar surface area (TPSA) is 71.4 Å². The molecule has 3 nitrogen and oxygen atoms in total. The van der Waals surface area contributed by atoms with E-state index in [1.807, 2.05) is 30.3 Å². The lowest BCUT2D eigenvalue weighted by molar-refractivity contribution is 0.749. The summed E-state index contributed by atoms with van der Waals surface area (Å²) in [5.74, 6) is -0.558. The van der Waals surface area contributed by atoms with Gasteiger partial charge in [-0.3, -0.25) is 0 Å². The minimum Gasteiger partial charge on any atom is -0.192 e. The molecule has 0 aromatic heterocycles. The highest BCUT2D eigenvalue weighted by molar-refractivity contribution is 6.18. The number of nitrogens with zero attached hydrogens (tertiary/aromatic N) is 3. The lowest BCUT2D eigenvalue weighted by Crippen LogP contribution is -2.30. The molecule has 6 aromatic rings. The van der Waals surface area contributed by atoms with Gasteiger partial charge < -0.3 is 0 Å². The average Bonchev–Trinajstić information content (AvgIpc) is 3.38. The van der Waals surface area contributed by atoms with Gasteiger partial charge in [-0.25, -0.2) is 0 Å². The number of rotatable bonds is 1. The monoisotopic (exact) mass is 529 g/mol. The predicted octanol–water partition coefficient (Wildman–Crippen LogP) is 8.76. The van der Waals surface area contributed by atoms with E-state index in [-0.39, 0.29) is 11.8 Å². The van der Waals surface area contributed by atoms with Crippen molar-refractivity contribution in [3.63, 3.8) is 0 Å². The summed E-state index contributed by atoms with van der Waals surface area (Å²) in [5.41, 5.74) is 15.1. The third-order valence-electron chi connectivity index (χ3n) is 9.54. The Hall–Kier alpha value is -5.95. The average molecular weight is 530 g/mol. The molecule has 0 N–H and O–H groups in total. The first kappa shape index (κ1) is 22.8. The van der Waals surface area contributed by atoms with Crippen molar-refractivity contribution >= 4 is 10.8 Å². The van der Waals surface area contributed by atoms with Crippen LogP contribution in [0.2, 0.25) is 0 Å². The number of benzene rings is 6. The summed E-state index contributed by atoms with van der Waals surface area (Å²) in [6, 6.07) is 42.8. The molecule has 0 fully saturated rings. The van der Waals surface area contributed by atoms with Crippen LogP contribution in [0.3, 0.4) is 0 Å². The van der Waals surface area contributed by atoms with Crippen molar-refractivity contribution in [2.45, 2.75) is 11.8 Å². The molecule has 3 heteroatoms. The van der Waals surface area contributed by atoms with Gasteiger partial charge in [0.1, 0.15) is 0 Å². The Bertz CT molecular complexity index is 2260. The van der Waals surface area contributed by atoms with Gasteiger partial charge >= 0.3 is 0 Å². The van der Waals surface area contributed by atoms with Gasteiger partial charge in [-0.1, -0.05) is 84.9 Å². The number of hydrogen-bond acceptors (Lipinski definition) is 3. The van der Waals surface area contributed by atoms with Crippen molar-refractivity contribution < 1.29 is 0 Å². The molecule has 0 spiro atoms. The van der Waals surface area contributed by atoms with Gasteiger partial charge in [0.25, 0.3) is 0 Å². The summed E-state index contributed by atoms with van der Waals surface area (Å²) in [5, 5.41) is 33.2. The van der Waals surface area contributed by atoms with Gasteiger partial charge in [0.2, 0.25) is 0 Å². The minimum atomic E-state index is -0.364. The Balaban J connectivity index is 1.41. The smallest absolute Gasteiger partial charge is 0.0994 e. The van der Waals surface area contributed by atoms with Gasteiger partial charge in [0.05, 0.1) is 34.9 Å². The molecule has 2 bridgehead atoms. The molecule has 0 radical (unpaired) electrons. The Labute approximate surface area is 242 Å². The summed E-state index contributed by atoms with van der Waals surface area (Å²) in [4.78, 5) is 0. The van der Waals surface area contributed by atoms with Crippen LogP contribution in [0.15, 0.2) is 103 Å². The maximum Gasteiger partial charge on any atom is 0.0994 e. The normalized spacial score (nSPS) is 16.0. The molecular weight excluding hydrogens is 510 g/mol. The summed E-state index contributed by atoms with van der Waals surface area (Å²) < 4.78 is 0. The Kier molecular flexibility index (Phi) is 4.37. The van der Waals surface area contributed by atoms with Crippen molar-refractivity contribution in [2.75, 3.05) is 0 Å². The van der Waals surface area contributed by atoms with Gasteiger partial charge in [-0.15, -0.1) is 0 Å². The van der Waals surface area contributed by atoms with E-state index < -0.39 is 0 Å². The van der Waals surface area contributed by atoms with Crippen LogP contribution in [0.1, 0.15) is 61.9 Å². The predicted molar refractivity (Wildman–Crippen MR) is 163 cm³/mol. The summed E-state index contributed by atoms with van der Waals surface area (Å²) in [6.45, 7) is 0. The molecule has 0 saturated carbocycles. The van der Waals surface area contributed by atoms with Gasteiger partial charge in [-0.2, -0.15) is 15.8 Å². The van der Waals surface area contributed by atoms with E-state index in [2.05, 4.69) is 91.0 Å². The molecule has 4 aliphatic rings.